The molecular weight excluding hydrogens is 462 g/mol. The molecule has 3 aromatic rings. The van der Waals surface area contributed by atoms with E-state index in [4.69, 9.17) is 11.6 Å². The molecule has 0 atom stereocenters. The topological polar surface area (TPSA) is 91.3 Å². The van der Waals surface area contributed by atoms with Crippen LogP contribution >= 0.6 is 50.2 Å². The van der Waals surface area contributed by atoms with Gasteiger partial charge in [0.1, 0.15) is 10.8 Å². The molecule has 3 N–H and O–H groups in total. The minimum Gasteiger partial charge on any atom is -0.507 e. The van der Waals surface area contributed by atoms with Crippen LogP contribution in [0.15, 0.2) is 39.5 Å². The number of halogens is 2. The Hall–Kier alpha value is -1.94. The fourth-order valence-electron chi connectivity index (χ4n) is 2.02. The monoisotopic (exact) mass is 471 g/mol. The predicted molar refractivity (Wildman–Crippen MR) is 106 cm³/mol. The van der Waals surface area contributed by atoms with Crippen molar-refractivity contribution in [3.8, 4) is 15.6 Å². The zero-order valence-corrected chi connectivity index (χ0v) is 16.9. The maximum absolute atomic E-state index is 12.0. The van der Waals surface area contributed by atoms with Gasteiger partial charge >= 0.3 is 0 Å². The number of nitrogens with zero attached hydrogens (tertiary/aromatic N) is 1. The van der Waals surface area contributed by atoms with Gasteiger partial charge in [-0.2, -0.15) is 0 Å². The van der Waals surface area contributed by atoms with Crippen molar-refractivity contribution in [3.63, 3.8) is 0 Å². The first-order valence-corrected chi connectivity index (χ1v) is 10.1. The number of aromatic nitrogens is 1. The lowest BCUT2D eigenvalue weighted by atomic mass is 10.2. The molecule has 0 radical (unpaired) electrons. The number of amides is 2. The normalized spacial score (nSPS) is 10.5. The molecule has 0 aliphatic heterocycles. The van der Waals surface area contributed by atoms with E-state index in [-0.39, 0.29) is 17.7 Å². The van der Waals surface area contributed by atoms with Gasteiger partial charge in [0, 0.05) is 20.3 Å². The van der Waals surface area contributed by atoms with Crippen molar-refractivity contribution in [3.05, 3.63) is 55.8 Å². The van der Waals surface area contributed by atoms with Crippen molar-refractivity contribution >= 4 is 62.0 Å². The Morgan fingerprint density at radius 3 is 2.73 bits per heavy atom. The lowest BCUT2D eigenvalue weighted by molar-refractivity contribution is -0.121. The van der Waals surface area contributed by atoms with E-state index in [1.807, 2.05) is 11.4 Å². The summed E-state index contributed by atoms with van der Waals surface area (Å²) >= 11 is 12.2. The van der Waals surface area contributed by atoms with Gasteiger partial charge in [0.25, 0.3) is 5.91 Å². The summed E-state index contributed by atoms with van der Waals surface area (Å²) in [7, 11) is 0. The summed E-state index contributed by atoms with van der Waals surface area (Å²) in [6.45, 7) is 0. The first kappa shape index (κ1) is 18.8. The van der Waals surface area contributed by atoms with E-state index >= 15 is 0 Å². The number of hydrazine groups is 1. The van der Waals surface area contributed by atoms with Crippen molar-refractivity contribution in [1.29, 1.82) is 0 Å². The van der Waals surface area contributed by atoms with Gasteiger partial charge in [-0.05, 0) is 40.2 Å². The van der Waals surface area contributed by atoms with Gasteiger partial charge in [-0.25, -0.2) is 4.98 Å². The summed E-state index contributed by atoms with van der Waals surface area (Å²) in [6.07, 6.45) is 0.0187. The Bertz CT molecular complexity index is 973. The summed E-state index contributed by atoms with van der Waals surface area (Å²) < 4.78 is 0.985. The Balaban J connectivity index is 1.57. The Morgan fingerprint density at radius 2 is 2.00 bits per heavy atom. The molecule has 0 bridgehead atoms. The van der Waals surface area contributed by atoms with Crippen molar-refractivity contribution in [2.45, 2.75) is 6.42 Å². The van der Waals surface area contributed by atoms with Gasteiger partial charge in [-0.3, -0.25) is 20.4 Å². The molecule has 2 heterocycles. The smallest absolute Gasteiger partial charge is 0.273 e. The lowest BCUT2D eigenvalue weighted by Crippen LogP contribution is -2.42. The molecule has 0 saturated heterocycles. The molecule has 2 amide bonds. The largest absolute Gasteiger partial charge is 0.507 e. The standard InChI is InChI=1S/C16H11BrClN3O3S2/c17-8-3-13(25-6-8)16-19-10(7-26-16)5-14(23)20-21-15(24)11-4-9(18)1-2-12(11)22/h1-4,6-7,22H,5H2,(H,20,23)(H,21,24). The van der Waals surface area contributed by atoms with Gasteiger partial charge in [-0.1, -0.05) is 11.6 Å². The highest BCUT2D eigenvalue weighted by molar-refractivity contribution is 9.10. The van der Waals surface area contributed by atoms with Gasteiger partial charge < -0.3 is 5.11 Å². The number of carbonyl (C=O) groups is 2. The summed E-state index contributed by atoms with van der Waals surface area (Å²) in [5.74, 6) is -1.32. The summed E-state index contributed by atoms with van der Waals surface area (Å²) in [4.78, 5) is 29.4. The Kier molecular flexibility index (Phi) is 5.92. The van der Waals surface area contributed by atoms with Gasteiger partial charge in [0.2, 0.25) is 5.91 Å². The van der Waals surface area contributed by atoms with Crippen LogP contribution < -0.4 is 10.9 Å². The molecule has 26 heavy (non-hydrogen) atoms. The van der Waals surface area contributed by atoms with E-state index < -0.39 is 11.8 Å². The van der Waals surface area contributed by atoms with Gasteiger partial charge in [0.15, 0.2) is 0 Å². The van der Waals surface area contributed by atoms with E-state index in [0.29, 0.717) is 10.7 Å². The number of phenolic OH excluding ortho intramolecular Hbond substituents is 1. The number of hydrogen-bond donors (Lipinski definition) is 3. The quantitative estimate of drug-likeness (QED) is 0.501. The average molecular weight is 473 g/mol. The maximum atomic E-state index is 12.0. The van der Waals surface area contributed by atoms with E-state index in [1.165, 1.54) is 29.5 Å². The fourth-order valence-corrected chi connectivity index (χ4v) is 4.52. The van der Waals surface area contributed by atoms with Crippen molar-refractivity contribution < 1.29 is 14.7 Å². The SMILES string of the molecule is O=C(Cc1csc(-c2cc(Br)cs2)n1)NNC(=O)c1cc(Cl)ccc1O. The third-order valence-corrected chi connectivity index (χ3v) is 6.18. The number of phenols is 1. The molecule has 6 nitrogen and oxygen atoms in total. The highest BCUT2D eigenvalue weighted by atomic mass is 79.9. The summed E-state index contributed by atoms with van der Waals surface area (Å²) in [5, 5.41) is 14.6. The second kappa shape index (κ2) is 8.17. The van der Waals surface area contributed by atoms with Gasteiger partial charge in [0.05, 0.1) is 22.6 Å². The summed E-state index contributed by atoms with van der Waals surface area (Å²) in [6, 6.07) is 6.03. The molecule has 3 rings (SSSR count). The predicted octanol–water partition coefficient (Wildman–Crippen LogP) is 4.00. The minimum absolute atomic E-state index is 0.0187. The zero-order valence-electron chi connectivity index (χ0n) is 13.0. The minimum atomic E-state index is -0.666. The lowest BCUT2D eigenvalue weighted by Gasteiger charge is -2.08. The van der Waals surface area contributed by atoms with E-state index in [9.17, 15) is 14.7 Å². The molecule has 134 valence electrons. The van der Waals surface area contributed by atoms with Gasteiger partial charge in [-0.15, -0.1) is 22.7 Å². The van der Waals surface area contributed by atoms with Crippen LogP contribution in [0.1, 0.15) is 16.1 Å². The molecule has 0 fully saturated rings. The fraction of sp³-hybridized carbons (Fsp3) is 0.0625. The number of hydrogen-bond acceptors (Lipinski definition) is 6. The van der Waals surface area contributed by atoms with Crippen LogP contribution in [0.25, 0.3) is 9.88 Å². The third kappa shape index (κ3) is 4.61. The highest BCUT2D eigenvalue weighted by Crippen LogP contribution is 2.32. The number of benzene rings is 1. The van der Waals surface area contributed by atoms with E-state index in [0.717, 1.165) is 14.4 Å². The first-order valence-electron chi connectivity index (χ1n) is 7.19. The molecule has 0 spiro atoms. The van der Waals surface area contributed by atoms with Crippen molar-refractivity contribution in [2.75, 3.05) is 0 Å². The number of thiazole rings is 1. The molecule has 1 aromatic carbocycles. The number of thiophene rings is 1. The first-order chi connectivity index (χ1) is 12.4. The van der Waals surface area contributed by atoms with Crippen LogP contribution in [0, 0.1) is 0 Å². The third-order valence-electron chi connectivity index (χ3n) is 3.19. The highest BCUT2D eigenvalue weighted by Gasteiger charge is 2.14. The number of aromatic hydroxyl groups is 1. The van der Waals surface area contributed by atoms with Crippen LogP contribution in [-0.2, 0) is 11.2 Å². The average Bonchev–Trinajstić information content (AvgIpc) is 3.23. The molecule has 0 unspecified atom stereocenters. The molecule has 0 aliphatic rings. The molecule has 10 heteroatoms. The second-order valence-electron chi connectivity index (χ2n) is 5.11. The van der Waals surface area contributed by atoms with E-state index in [2.05, 4.69) is 31.8 Å². The van der Waals surface area contributed by atoms with Crippen molar-refractivity contribution in [1.82, 2.24) is 15.8 Å². The van der Waals surface area contributed by atoms with E-state index in [1.54, 1.807) is 16.7 Å². The second-order valence-corrected chi connectivity index (χ2v) is 8.24. The summed E-state index contributed by atoms with van der Waals surface area (Å²) in [5.41, 5.74) is 5.11. The zero-order chi connectivity index (χ0) is 18.7. The Labute approximate surface area is 169 Å². The van der Waals surface area contributed by atoms with Crippen LogP contribution in [0.5, 0.6) is 5.75 Å². The van der Waals surface area contributed by atoms with Crippen molar-refractivity contribution in [2.24, 2.45) is 0 Å². The van der Waals surface area contributed by atoms with Crippen LogP contribution in [0.4, 0.5) is 0 Å². The molecular formula is C16H11BrClN3O3S2. The van der Waals surface area contributed by atoms with Crippen LogP contribution in [-0.4, -0.2) is 21.9 Å². The molecule has 2 aromatic heterocycles. The number of rotatable bonds is 4. The van der Waals surface area contributed by atoms with Crippen LogP contribution in [0.2, 0.25) is 5.02 Å². The Morgan fingerprint density at radius 1 is 1.19 bits per heavy atom. The number of nitrogens with one attached hydrogen (secondary N) is 2. The molecule has 0 aliphatic carbocycles. The molecule has 0 saturated carbocycles. The number of carbonyl (C=O) groups excluding carboxylic acids is 2. The van der Waals surface area contributed by atoms with Crippen LogP contribution in [0.3, 0.4) is 0 Å². The maximum Gasteiger partial charge on any atom is 0.273 e.